The lowest BCUT2D eigenvalue weighted by atomic mass is 10.0. The average Bonchev–Trinajstić information content (AvgIpc) is 3.00. The summed E-state index contributed by atoms with van der Waals surface area (Å²) in [5.41, 5.74) is 1.76. The van der Waals surface area contributed by atoms with Gasteiger partial charge in [0, 0.05) is 37.3 Å². The highest BCUT2D eigenvalue weighted by molar-refractivity contribution is 7.92. The van der Waals surface area contributed by atoms with Gasteiger partial charge >= 0.3 is 0 Å². The predicted molar refractivity (Wildman–Crippen MR) is 117 cm³/mol. The number of sulfonamides is 1. The van der Waals surface area contributed by atoms with Gasteiger partial charge in [-0.1, -0.05) is 29.3 Å². The lowest BCUT2D eigenvalue weighted by Crippen LogP contribution is -2.26. The van der Waals surface area contributed by atoms with E-state index < -0.39 is 15.9 Å². The van der Waals surface area contributed by atoms with Crippen LogP contribution in [0.1, 0.15) is 21.5 Å². The van der Waals surface area contributed by atoms with Crippen LogP contribution in [-0.4, -0.2) is 42.6 Å². The molecule has 0 bridgehead atoms. The van der Waals surface area contributed by atoms with Crippen molar-refractivity contribution in [1.29, 1.82) is 0 Å². The maximum atomic E-state index is 13.2. The minimum absolute atomic E-state index is 0.0618. The molecule has 156 valence electrons. The Bertz CT molecular complexity index is 1310. The van der Waals surface area contributed by atoms with Crippen LogP contribution in [0.15, 0.2) is 36.5 Å². The summed E-state index contributed by atoms with van der Waals surface area (Å²) >= 11 is 12.0. The summed E-state index contributed by atoms with van der Waals surface area (Å²) in [6.45, 7) is 0.345. The van der Waals surface area contributed by atoms with Crippen molar-refractivity contribution in [2.24, 2.45) is 0 Å². The van der Waals surface area contributed by atoms with Crippen molar-refractivity contribution in [1.82, 2.24) is 9.88 Å². The number of aromatic hydroxyl groups is 1. The van der Waals surface area contributed by atoms with E-state index in [-0.39, 0.29) is 29.9 Å². The summed E-state index contributed by atoms with van der Waals surface area (Å²) in [6.07, 6.45) is 2.56. The molecule has 1 aliphatic rings. The summed E-state index contributed by atoms with van der Waals surface area (Å²) in [5, 5.41) is 12.0. The van der Waals surface area contributed by atoms with E-state index >= 15 is 0 Å². The Morgan fingerprint density at radius 1 is 1.23 bits per heavy atom. The van der Waals surface area contributed by atoms with Gasteiger partial charge in [0.25, 0.3) is 5.91 Å². The van der Waals surface area contributed by atoms with Crippen LogP contribution in [0.3, 0.4) is 0 Å². The second kappa shape index (κ2) is 7.30. The second-order valence-corrected chi connectivity index (χ2v) is 9.92. The molecule has 7 nitrogen and oxygen atoms in total. The molecule has 0 radical (unpaired) electrons. The fourth-order valence-electron chi connectivity index (χ4n) is 3.64. The van der Waals surface area contributed by atoms with E-state index in [1.807, 2.05) is 0 Å². The van der Waals surface area contributed by atoms with Gasteiger partial charge in [-0.15, -0.1) is 0 Å². The number of carbonyl (C=O) groups is 1. The van der Waals surface area contributed by atoms with Gasteiger partial charge in [-0.3, -0.25) is 14.1 Å². The number of pyridine rings is 1. The molecule has 10 heteroatoms. The molecule has 2 aromatic carbocycles. The average molecular weight is 466 g/mol. The van der Waals surface area contributed by atoms with E-state index in [1.165, 1.54) is 18.1 Å². The molecule has 0 aliphatic carbocycles. The number of amides is 1. The summed E-state index contributed by atoms with van der Waals surface area (Å²) in [4.78, 5) is 18.8. The third-order valence-corrected chi connectivity index (χ3v) is 7.05. The van der Waals surface area contributed by atoms with Crippen molar-refractivity contribution in [3.05, 3.63) is 63.3 Å². The topological polar surface area (TPSA) is 90.8 Å². The van der Waals surface area contributed by atoms with Gasteiger partial charge in [0.05, 0.1) is 27.6 Å². The molecular formula is C20H17Cl2N3O4S. The number of carbonyl (C=O) groups excluding carboxylic acids is 1. The molecule has 2 heterocycles. The fourth-order valence-corrected chi connectivity index (χ4v) is 4.50. The summed E-state index contributed by atoms with van der Waals surface area (Å²) in [7, 11) is -2.21. The number of anilines is 1. The first-order valence-corrected chi connectivity index (χ1v) is 11.5. The molecule has 1 aliphatic heterocycles. The molecule has 30 heavy (non-hydrogen) atoms. The molecule has 4 rings (SSSR count). The molecule has 0 fully saturated rings. The Morgan fingerprint density at radius 3 is 2.63 bits per heavy atom. The van der Waals surface area contributed by atoms with Gasteiger partial charge in [0.15, 0.2) is 5.75 Å². The highest BCUT2D eigenvalue weighted by atomic mass is 35.5. The molecule has 0 unspecified atom stereocenters. The first-order chi connectivity index (χ1) is 14.1. The van der Waals surface area contributed by atoms with E-state index in [1.54, 1.807) is 30.3 Å². The van der Waals surface area contributed by atoms with E-state index in [4.69, 9.17) is 23.2 Å². The monoisotopic (exact) mass is 465 g/mol. The van der Waals surface area contributed by atoms with Crippen molar-refractivity contribution in [3.8, 4) is 5.75 Å². The Labute approximate surface area is 183 Å². The molecule has 0 atom stereocenters. The van der Waals surface area contributed by atoms with Crippen LogP contribution in [-0.2, 0) is 23.1 Å². The molecule has 1 N–H and O–H groups in total. The highest BCUT2D eigenvalue weighted by Crippen LogP contribution is 2.44. The normalized spacial score (nSPS) is 13.7. The van der Waals surface area contributed by atoms with Crippen molar-refractivity contribution in [3.63, 3.8) is 0 Å². The van der Waals surface area contributed by atoms with E-state index in [0.717, 1.165) is 16.1 Å². The Balaban J connectivity index is 1.87. The Morgan fingerprint density at radius 2 is 1.97 bits per heavy atom. The smallest absolute Gasteiger partial charge is 0.258 e. The van der Waals surface area contributed by atoms with Crippen LogP contribution in [0.25, 0.3) is 10.9 Å². The number of hydrogen-bond donors (Lipinski definition) is 1. The van der Waals surface area contributed by atoms with Gasteiger partial charge in [0.2, 0.25) is 10.0 Å². The van der Waals surface area contributed by atoms with Gasteiger partial charge in [-0.25, -0.2) is 8.42 Å². The minimum Gasteiger partial charge on any atom is -0.505 e. The van der Waals surface area contributed by atoms with Crippen LogP contribution in [0.5, 0.6) is 5.75 Å². The number of rotatable bonds is 4. The van der Waals surface area contributed by atoms with Gasteiger partial charge in [-0.05, 0) is 29.8 Å². The number of fused-ring (bicyclic) bond motifs is 2. The first kappa shape index (κ1) is 20.7. The quantitative estimate of drug-likeness (QED) is 0.632. The molecule has 0 saturated carbocycles. The van der Waals surface area contributed by atoms with Gasteiger partial charge in [-0.2, -0.15) is 0 Å². The van der Waals surface area contributed by atoms with Crippen LogP contribution in [0, 0.1) is 0 Å². The first-order valence-electron chi connectivity index (χ1n) is 8.89. The van der Waals surface area contributed by atoms with Crippen LogP contribution in [0.4, 0.5) is 5.69 Å². The molecule has 0 saturated heterocycles. The molecular weight excluding hydrogens is 449 g/mol. The highest BCUT2D eigenvalue weighted by Gasteiger charge is 2.37. The Kier molecular flexibility index (Phi) is 5.04. The van der Waals surface area contributed by atoms with E-state index in [2.05, 4.69) is 4.98 Å². The van der Waals surface area contributed by atoms with Gasteiger partial charge < -0.3 is 10.0 Å². The van der Waals surface area contributed by atoms with Crippen LogP contribution >= 0.6 is 23.2 Å². The fraction of sp³-hybridized carbons (Fsp3) is 0.200. The number of phenolic OH excluding ortho intramolecular Hbond substituents is 1. The van der Waals surface area contributed by atoms with E-state index in [0.29, 0.717) is 26.7 Å². The lowest BCUT2D eigenvalue weighted by Gasteiger charge is -2.22. The zero-order valence-electron chi connectivity index (χ0n) is 16.1. The maximum absolute atomic E-state index is 13.2. The third kappa shape index (κ3) is 3.34. The molecule has 1 amide bonds. The standard InChI is InChI=1S/C20H17Cl2N3O4S/c1-24(30(2,28)29)18-12-4-3-7-23-17(12)19(26)16-13(18)10-25(20(16)27)9-11-5-6-14(21)15(22)8-11/h3-8,26H,9-10H2,1-2H3. The molecule has 1 aromatic heterocycles. The lowest BCUT2D eigenvalue weighted by molar-refractivity contribution is 0.0764. The third-order valence-electron chi connectivity index (χ3n) is 5.13. The van der Waals surface area contributed by atoms with Crippen molar-refractivity contribution < 1.29 is 18.3 Å². The number of nitrogens with zero attached hydrogens (tertiary/aromatic N) is 3. The number of benzene rings is 2. The summed E-state index contributed by atoms with van der Waals surface area (Å²) in [5.74, 6) is -0.669. The summed E-state index contributed by atoms with van der Waals surface area (Å²) in [6, 6.07) is 8.39. The van der Waals surface area contributed by atoms with Crippen molar-refractivity contribution in [2.45, 2.75) is 13.1 Å². The zero-order valence-corrected chi connectivity index (χ0v) is 18.4. The molecule has 0 spiro atoms. The number of halogens is 2. The summed E-state index contributed by atoms with van der Waals surface area (Å²) < 4.78 is 25.7. The predicted octanol–water partition coefficient (Wildman–Crippen LogP) is 3.80. The number of phenols is 1. The van der Waals surface area contributed by atoms with Crippen LogP contribution in [0.2, 0.25) is 10.0 Å². The van der Waals surface area contributed by atoms with Crippen LogP contribution < -0.4 is 4.31 Å². The minimum atomic E-state index is -3.62. The maximum Gasteiger partial charge on any atom is 0.258 e. The Hall–Kier alpha value is -2.55. The number of aromatic nitrogens is 1. The largest absolute Gasteiger partial charge is 0.505 e. The van der Waals surface area contributed by atoms with Crippen molar-refractivity contribution >= 4 is 55.7 Å². The second-order valence-electron chi connectivity index (χ2n) is 7.09. The van der Waals surface area contributed by atoms with Crippen molar-refractivity contribution in [2.75, 3.05) is 17.6 Å². The zero-order chi connectivity index (χ0) is 21.8. The molecule has 3 aromatic rings. The van der Waals surface area contributed by atoms with E-state index in [9.17, 15) is 18.3 Å². The van der Waals surface area contributed by atoms with Gasteiger partial charge in [0.1, 0.15) is 5.52 Å². The SMILES string of the molecule is CN(c1c2c(c(O)c3ncccc13)C(=O)N(Cc1ccc(Cl)c(Cl)c1)C2)S(C)(=O)=O. The number of hydrogen-bond acceptors (Lipinski definition) is 5.